The lowest BCUT2D eigenvalue weighted by Gasteiger charge is -2.31. The fourth-order valence-electron chi connectivity index (χ4n) is 3.21. The van der Waals surface area contributed by atoms with E-state index >= 15 is 0 Å². The largest absolute Gasteiger partial charge is 0.417 e. The number of nitrogens with zero attached hydrogens (tertiary/aromatic N) is 4. The van der Waals surface area contributed by atoms with Crippen LogP contribution in [-0.2, 0) is 6.18 Å². The molecule has 6 nitrogen and oxygen atoms in total. The quantitative estimate of drug-likeness (QED) is 0.703. The molecule has 142 valence electrons. The number of fused-ring (bicyclic) bond motifs is 1. The lowest BCUT2D eigenvalue weighted by molar-refractivity contribution is -0.137. The van der Waals surface area contributed by atoms with Crippen LogP contribution in [0.15, 0.2) is 30.7 Å². The highest BCUT2D eigenvalue weighted by Crippen LogP contribution is 2.39. The number of anilines is 1. The molecule has 1 saturated carbocycles. The van der Waals surface area contributed by atoms with E-state index in [0.29, 0.717) is 36.8 Å². The molecule has 2 N–H and O–H groups in total. The number of nitrogens with one attached hydrogen (secondary N) is 1. The van der Waals surface area contributed by atoms with Crippen LogP contribution < -0.4 is 5.32 Å². The Morgan fingerprint density at radius 1 is 1.26 bits per heavy atom. The molecule has 1 aromatic carbocycles. The molecule has 27 heavy (non-hydrogen) atoms. The highest BCUT2D eigenvalue weighted by molar-refractivity contribution is 6.30. The molecule has 3 aromatic rings. The van der Waals surface area contributed by atoms with E-state index in [9.17, 15) is 18.3 Å². The Labute approximate surface area is 157 Å². The van der Waals surface area contributed by atoms with Gasteiger partial charge in [0.15, 0.2) is 0 Å². The van der Waals surface area contributed by atoms with Gasteiger partial charge in [0.05, 0.1) is 23.4 Å². The van der Waals surface area contributed by atoms with Crippen LogP contribution in [0.25, 0.3) is 16.8 Å². The van der Waals surface area contributed by atoms with Crippen LogP contribution in [0.3, 0.4) is 0 Å². The molecule has 2 aromatic heterocycles. The summed E-state index contributed by atoms with van der Waals surface area (Å²) in [6, 6.07) is 3.54. The first-order chi connectivity index (χ1) is 12.8. The molecule has 4 rings (SSSR count). The van der Waals surface area contributed by atoms with E-state index in [2.05, 4.69) is 20.5 Å². The van der Waals surface area contributed by atoms with Crippen molar-refractivity contribution in [1.82, 2.24) is 19.6 Å². The number of hydrogen-bond acceptors (Lipinski definition) is 5. The Morgan fingerprint density at radius 3 is 2.74 bits per heavy atom. The molecule has 1 aliphatic rings. The first-order valence-corrected chi connectivity index (χ1v) is 8.68. The van der Waals surface area contributed by atoms with Crippen LogP contribution >= 0.6 is 11.6 Å². The van der Waals surface area contributed by atoms with Crippen LogP contribution in [0.4, 0.5) is 19.1 Å². The molecule has 1 fully saturated rings. The predicted molar refractivity (Wildman–Crippen MR) is 93.5 cm³/mol. The van der Waals surface area contributed by atoms with Gasteiger partial charge in [-0.15, -0.1) is 10.2 Å². The van der Waals surface area contributed by atoms with Crippen molar-refractivity contribution in [3.63, 3.8) is 0 Å². The van der Waals surface area contributed by atoms with Gasteiger partial charge in [-0.25, -0.2) is 4.98 Å². The zero-order valence-corrected chi connectivity index (χ0v) is 14.7. The highest BCUT2D eigenvalue weighted by atomic mass is 35.5. The molecule has 0 unspecified atom stereocenters. The molecule has 0 bridgehead atoms. The molecule has 0 radical (unpaired) electrons. The van der Waals surface area contributed by atoms with Crippen molar-refractivity contribution >= 4 is 23.1 Å². The molecule has 0 aliphatic heterocycles. The van der Waals surface area contributed by atoms with E-state index < -0.39 is 11.7 Å². The standard InChI is InChI=1S/C17H15ClF3N5O/c18-10-1-2-12(13(5-10)17(19,20)21)15-14-7-22-8-26(14)16(25-24-15)23-6-9-3-11(27)4-9/h1-2,5,7-9,11,27H,3-4,6H2,(H,23,25). The second-order valence-electron chi connectivity index (χ2n) is 6.58. The average Bonchev–Trinajstić information content (AvgIpc) is 3.07. The fourth-order valence-corrected chi connectivity index (χ4v) is 3.38. The Hall–Kier alpha value is -2.39. The molecule has 10 heteroatoms. The number of benzene rings is 1. The van der Waals surface area contributed by atoms with Crippen molar-refractivity contribution in [2.45, 2.75) is 25.1 Å². The first kappa shape index (κ1) is 18.0. The number of aliphatic hydroxyl groups is 1. The van der Waals surface area contributed by atoms with Crippen molar-refractivity contribution in [1.29, 1.82) is 0 Å². The zero-order chi connectivity index (χ0) is 19.2. The van der Waals surface area contributed by atoms with E-state index in [1.54, 1.807) is 4.40 Å². The van der Waals surface area contributed by atoms with Crippen LogP contribution in [0.1, 0.15) is 18.4 Å². The number of halogens is 4. The van der Waals surface area contributed by atoms with Gasteiger partial charge in [-0.2, -0.15) is 13.2 Å². The second-order valence-corrected chi connectivity index (χ2v) is 7.02. The van der Waals surface area contributed by atoms with Crippen molar-refractivity contribution in [3.05, 3.63) is 41.3 Å². The predicted octanol–water partition coefficient (Wildman–Crippen LogP) is 3.65. The van der Waals surface area contributed by atoms with E-state index in [-0.39, 0.29) is 22.4 Å². The van der Waals surface area contributed by atoms with Gasteiger partial charge < -0.3 is 10.4 Å². The monoisotopic (exact) mass is 397 g/mol. The molecular weight excluding hydrogens is 383 g/mol. The Balaban J connectivity index is 1.72. The van der Waals surface area contributed by atoms with Crippen LogP contribution in [0.5, 0.6) is 0 Å². The van der Waals surface area contributed by atoms with Crippen molar-refractivity contribution in [3.8, 4) is 11.3 Å². The number of imidazole rings is 1. The van der Waals surface area contributed by atoms with E-state index in [0.717, 1.165) is 6.07 Å². The number of aromatic nitrogens is 4. The summed E-state index contributed by atoms with van der Waals surface area (Å²) in [5, 5.41) is 20.5. The van der Waals surface area contributed by atoms with Crippen LogP contribution in [0, 0.1) is 5.92 Å². The molecule has 0 spiro atoms. The summed E-state index contributed by atoms with van der Waals surface area (Å²) < 4.78 is 41.9. The smallest absolute Gasteiger partial charge is 0.393 e. The maximum absolute atomic E-state index is 13.4. The van der Waals surface area contributed by atoms with Gasteiger partial charge in [0.25, 0.3) is 0 Å². The summed E-state index contributed by atoms with van der Waals surface area (Å²) >= 11 is 5.75. The number of alkyl halides is 3. The van der Waals surface area contributed by atoms with Crippen molar-refractivity contribution < 1.29 is 18.3 Å². The van der Waals surface area contributed by atoms with Crippen molar-refractivity contribution in [2.75, 3.05) is 11.9 Å². The molecular formula is C17H15ClF3N5O. The van der Waals surface area contributed by atoms with Crippen LogP contribution in [0.2, 0.25) is 5.02 Å². The first-order valence-electron chi connectivity index (χ1n) is 8.30. The normalized spacial score (nSPS) is 19.9. The molecule has 1 aliphatic carbocycles. The highest BCUT2D eigenvalue weighted by Gasteiger charge is 2.35. The third-order valence-electron chi connectivity index (χ3n) is 4.66. The minimum Gasteiger partial charge on any atom is -0.393 e. The van der Waals surface area contributed by atoms with Gasteiger partial charge in [-0.1, -0.05) is 17.7 Å². The third kappa shape index (κ3) is 3.44. The maximum Gasteiger partial charge on any atom is 0.417 e. The molecule has 2 heterocycles. The topological polar surface area (TPSA) is 75.3 Å². The number of hydrogen-bond donors (Lipinski definition) is 2. The Morgan fingerprint density at radius 2 is 2.04 bits per heavy atom. The summed E-state index contributed by atoms with van der Waals surface area (Å²) in [6.07, 6.45) is -0.507. The van der Waals surface area contributed by atoms with Gasteiger partial charge in [-0.05, 0) is 30.9 Å². The minimum atomic E-state index is -4.58. The lowest BCUT2D eigenvalue weighted by Crippen LogP contribution is -2.33. The third-order valence-corrected chi connectivity index (χ3v) is 4.89. The SMILES string of the molecule is OC1CC(CNc2nnc(-c3ccc(Cl)cc3C(F)(F)F)c3cncn23)C1. The van der Waals surface area contributed by atoms with E-state index in [4.69, 9.17) is 11.6 Å². The Bertz CT molecular complexity index is 984. The molecule has 0 saturated heterocycles. The summed E-state index contributed by atoms with van der Waals surface area (Å²) in [4.78, 5) is 4.03. The number of rotatable bonds is 4. The summed E-state index contributed by atoms with van der Waals surface area (Å²) in [6.45, 7) is 0.590. The van der Waals surface area contributed by atoms with Gasteiger partial charge >= 0.3 is 6.18 Å². The van der Waals surface area contributed by atoms with Crippen LogP contribution in [-0.4, -0.2) is 37.3 Å². The van der Waals surface area contributed by atoms with Crippen molar-refractivity contribution in [2.24, 2.45) is 5.92 Å². The minimum absolute atomic E-state index is 0.00969. The van der Waals surface area contributed by atoms with E-state index in [1.807, 2.05) is 0 Å². The molecule has 0 amide bonds. The van der Waals surface area contributed by atoms with Gasteiger partial charge in [-0.3, -0.25) is 4.40 Å². The summed E-state index contributed by atoms with van der Waals surface area (Å²) in [5.74, 6) is 0.711. The van der Waals surface area contributed by atoms with E-state index in [1.165, 1.54) is 24.7 Å². The summed E-state index contributed by atoms with van der Waals surface area (Å²) in [7, 11) is 0. The zero-order valence-electron chi connectivity index (χ0n) is 13.9. The second kappa shape index (κ2) is 6.65. The molecule has 0 atom stereocenters. The Kier molecular flexibility index (Phi) is 4.43. The maximum atomic E-state index is 13.4. The van der Waals surface area contributed by atoms with Gasteiger partial charge in [0, 0.05) is 17.1 Å². The summed E-state index contributed by atoms with van der Waals surface area (Å²) in [5.41, 5.74) is -0.523. The van der Waals surface area contributed by atoms with Gasteiger partial charge in [0.2, 0.25) is 5.95 Å². The fraction of sp³-hybridized carbons (Fsp3) is 0.353. The average molecular weight is 398 g/mol. The number of aliphatic hydroxyl groups excluding tert-OH is 1. The van der Waals surface area contributed by atoms with Gasteiger partial charge in [0.1, 0.15) is 12.0 Å². The lowest BCUT2D eigenvalue weighted by atomic mass is 9.82.